The molecule has 5 nitrogen and oxygen atoms in total. The third-order valence-electron chi connectivity index (χ3n) is 10.6. The van der Waals surface area contributed by atoms with Crippen LogP contribution in [-0.2, 0) is 0 Å². The molecular formula is C49H27N5S3. The zero-order valence-electron chi connectivity index (χ0n) is 30.0. The molecule has 0 aliphatic heterocycles. The lowest BCUT2D eigenvalue weighted by Gasteiger charge is -2.10. The molecule has 57 heavy (non-hydrogen) atoms. The normalized spacial score (nSPS) is 11.9. The molecule has 12 aromatic rings. The largest absolute Gasteiger partial charge is 0.226 e. The quantitative estimate of drug-likeness (QED) is 0.174. The average molecular weight is 782 g/mol. The first kappa shape index (κ1) is 32.5. The van der Waals surface area contributed by atoms with E-state index in [0.717, 1.165) is 65.7 Å². The van der Waals surface area contributed by atoms with E-state index >= 15 is 0 Å². The summed E-state index contributed by atoms with van der Waals surface area (Å²) in [6.07, 6.45) is 0. The fourth-order valence-electron chi connectivity index (χ4n) is 7.87. The molecule has 0 saturated heterocycles. The molecule has 0 atom stereocenters. The topological polar surface area (TPSA) is 64.5 Å². The van der Waals surface area contributed by atoms with E-state index in [1.165, 1.54) is 34.3 Å². The number of benzene rings is 7. The molecule has 0 radical (unpaired) electrons. The van der Waals surface area contributed by atoms with E-state index in [4.69, 9.17) is 24.9 Å². The van der Waals surface area contributed by atoms with Crippen LogP contribution in [0.4, 0.5) is 0 Å². The van der Waals surface area contributed by atoms with Crippen molar-refractivity contribution >= 4 is 94.7 Å². The molecule has 0 aliphatic rings. The third-order valence-corrected chi connectivity index (χ3v) is 14.0. The Hall–Kier alpha value is -6.71. The maximum atomic E-state index is 5.41. The third kappa shape index (κ3) is 5.37. The molecule has 0 fully saturated rings. The molecule has 0 spiro atoms. The van der Waals surface area contributed by atoms with Gasteiger partial charge in [-0.15, -0.1) is 34.0 Å². The second-order valence-electron chi connectivity index (χ2n) is 14.0. The maximum Gasteiger partial charge on any atom is 0.164 e. The first-order valence-electron chi connectivity index (χ1n) is 18.7. The minimum atomic E-state index is 0.645. The van der Waals surface area contributed by atoms with E-state index in [0.29, 0.717) is 17.5 Å². The summed E-state index contributed by atoms with van der Waals surface area (Å²) in [5.74, 6) is 2.66. The number of aromatic nitrogens is 5. The van der Waals surface area contributed by atoms with Crippen LogP contribution in [-0.4, -0.2) is 24.9 Å². The van der Waals surface area contributed by atoms with Crippen LogP contribution in [0.1, 0.15) is 0 Å². The summed E-state index contributed by atoms with van der Waals surface area (Å²) in [7, 11) is 0. The molecule has 8 heteroatoms. The number of nitrogens with zero attached hydrogens (tertiary/aromatic N) is 5. The summed E-state index contributed by atoms with van der Waals surface area (Å²) in [5.41, 5.74) is 6.84. The van der Waals surface area contributed by atoms with Gasteiger partial charge in [0.25, 0.3) is 0 Å². The zero-order valence-corrected chi connectivity index (χ0v) is 32.5. The fraction of sp³-hybridized carbons (Fsp3) is 0. The minimum absolute atomic E-state index is 0.645. The smallest absolute Gasteiger partial charge is 0.164 e. The Morgan fingerprint density at radius 2 is 0.895 bits per heavy atom. The highest BCUT2D eigenvalue weighted by Crippen LogP contribution is 2.45. The lowest BCUT2D eigenvalue weighted by atomic mass is 10.0. The highest BCUT2D eigenvalue weighted by Gasteiger charge is 2.21. The second-order valence-corrected chi connectivity index (χ2v) is 17.2. The molecule has 266 valence electrons. The highest BCUT2D eigenvalue weighted by atomic mass is 32.1. The van der Waals surface area contributed by atoms with Crippen molar-refractivity contribution in [3.05, 3.63) is 164 Å². The van der Waals surface area contributed by atoms with Crippen molar-refractivity contribution in [2.24, 2.45) is 0 Å². The summed E-state index contributed by atoms with van der Waals surface area (Å²) in [6, 6.07) is 57.3. The second kappa shape index (κ2) is 12.9. The van der Waals surface area contributed by atoms with Crippen molar-refractivity contribution in [3.63, 3.8) is 0 Å². The summed E-state index contributed by atoms with van der Waals surface area (Å²) in [4.78, 5) is 25.9. The number of hydrogen-bond donors (Lipinski definition) is 0. The van der Waals surface area contributed by atoms with Crippen molar-refractivity contribution in [1.29, 1.82) is 0 Å². The number of thiophene rings is 3. The van der Waals surface area contributed by atoms with Gasteiger partial charge in [-0.05, 0) is 36.4 Å². The molecule has 0 amide bonds. The lowest BCUT2D eigenvalue weighted by Crippen LogP contribution is -2.00. The molecule has 0 N–H and O–H groups in total. The zero-order chi connectivity index (χ0) is 37.5. The first-order valence-corrected chi connectivity index (χ1v) is 21.1. The van der Waals surface area contributed by atoms with E-state index in [1.54, 1.807) is 22.7 Å². The van der Waals surface area contributed by atoms with Gasteiger partial charge < -0.3 is 0 Å². The van der Waals surface area contributed by atoms with Crippen LogP contribution in [0.2, 0.25) is 0 Å². The van der Waals surface area contributed by atoms with E-state index in [1.807, 2.05) is 72.0 Å². The molecule has 5 aromatic heterocycles. The van der Waals surface area contributed by atoms with Crippen LogP contribution in [0.15, 0.2) is 164 Å². The Labute approximate surface area is 338 Å². The van der Waals surface area contributed by atoms with Crippen molar-refractivity contribution in [3.8, 4) is 56.8 Å². The monoisotopic (exact) mass is 781 g/mol. The van der Waals surface area contributed by atoms with E-state index < -0.39 is 0 Å². The van der Waals surface area contributed by atoms with Crippen molar-refractivity contribution in [1.82, 2.24) is 24.9 Å². The maximum absolute atomic E-state index is 5.41. The Bertz CT molecular complexity index is 3480. The molecule has 7 aromatic carbocycles. The Kier molecular flexibility index (Phi) is 7.38. The SMILES string of the molecule is c1ccc(-c2nc(-c3ccccc3)nc(-c3cccc4sc5ccc(-c6nc(-c7ccc8c(c7)sc7ccccc78)nc7c6sc6ccccc67)cc5c34)n2)cc1. The highest BCUT2D eigenvalue weighted by molar-refractivity contribution is 7.27. The summed E-state index contributed by atoms with van der Waals surface area (Å²) in [6.45, 7) is 0. The van der Waals surface area contributed by atoms with E-state index in [2.05, 4.69) is 103 Å². The van der Waals surface area contributed by atoms with Crippen LogP contribution in [0.5, 0.6) is 0 Å². The van der Waals surface area contributed by atoms with Gasteiger partial charge in [-0.3, -0.25) is 0 Å². The fourth-order valence-corrected chi connectivity index (χ4v) is 11.3. The van der Waals surface area contributed by atoms with Gasteiger partial charge >= 0.3 is 0 Å². The van der Waals surface area contributed by atoms with Crippen LogP contribution in [0, 0.1) is 0 Å². The van der Waals surface area contributed by atoms with Gasteiger partial charge in [-0.2, -0.15) is 0 Å². The molecule has 12 rings (SSSR count). The van der Waals surface area contributed by atoms with Gasteiger partial charge in [0.05, 0.1) is 15.9 Å². The lowest BCUT2D eigenvalue weighted by molar-refractivity contribution is 1.08. The van der Waals surface area contributed by atoms with Gasteiger partial charge in [0.2, 0.25) is 0 Å². The van der Waals surface area contributed by atoms with Crippen LogP contribution >= 0.6 is 34.0 Å². The van der Waals surface area contributed by atoms with Gasteiger partial charge in [0.1, 0.15) is 0 Å². The van der Waals surface area contributed by atoms with Crippen LogP contribution in [0.25, 0.3) is 117 Å². The Balaban J connectivity index is 1.08. The standard InChI is InChI=1S/C49H27N5S3/c1-3-12-28(13-4-1)46-52-47(29-14-5-2-6-15-29)54-49(53-46)35-18-11-21-40-42(35)36-26-30(23-25-39(36)55-40)43-45-44(34-17-8-10-20-38(34)57-45)51-48(50-43)31-22-24-33-32-16-7-9-19-37(32)56-41(33)27-31/h1-27H. The first-order chi connectivity index (χ1) is 28.2. The molecule has 0 saturated carbocycles. The number of rotatable bonds is 5. The average Bonchev–Trinajstić information content (AvgIpc) is 3.97. The Morgan fingerprint density at radius 1 is 0.316 bits per heavy atom. The molecular weight excluding hydrogens is 755 g/mol. The minimum Gasteiger partial charge on any atom is -0.226 e. The molecule has 0 aliphatic carbocycles. The predicted octanol–water partition coefficient (Wildman–Crippen LogP) is 14.1. The predicted molar refractivity (Wildman–Crippen MR) is 241 cm³/mol. The molecule has 0 unspecified atom stereocenters. The Morgan fingerprint density at radius 3 is 1.67 bits per heavy atom. The molecule has 5 heterocycles. The van der Waals surface area contributed by atoms with Crippen LogP contribution in [0.3, 0.4) is 0 Å². The van der Waals surface area contributed by atoms with Crippen molar-refractivity contribution in [2.45, 2.75) is 0 Å². The van der Waals surface area contributed by atoms with Gasteiger partial charge in [-0.1, -0.05) is 127 Å². The van der Waals surface area contributed by atoms with Gasteiger partial charge in [0, 0.05) is 78.2 Å². The molecule has 0 bridgehead atoms. The summed E-state index contributed by atoms with van der Waals surface area (Å²) < 4.78 is 7.17. The van der Waals surface area contributed by atoms with Crippen molar-refractivity contribution in [2.75, 3.05) is 0 Å². The van der Waals surface area contributed by atoms with Gasteiger partial charge in [-0.25, -0.2) is 24.9 Å². The van der Waals surface area contributed by atoms with E-state index in [-0.39, 0.29) is 0 Å². The van der Waals surface area contributed by atoms with Crippen LogP contribution < -0.4 is 0 Å². The number of hydrogen-bond acceptors (Lipinski definition) is 8. The van der Waals surface area contributed by atoms with Gasteiger partial charge in [0.15, 0.2) is 23.3 Å². The van der Waals surface area contributed by atoms with Crippen molar-refractivity contribution < 1.29 is 0 Å². The van der Waals surface area contributed by atoms with E-state index in [9.17, 15) is 0 Å². The number of fused-ring (bicyclic) bond motifs is 9. The summed E-state index contributed by atoms with van der Waals surface area (Å²) >= 11 is 5.36. The summed E-state index contributed by atoms with van der Waals surface area (Å²) in [5, 5.41) is 5.96.